The second-order valence-corrected chi connectivity index (χ2v) is 7.22. The summed E-state index contributed by atoms with van der Waals surface area (Å²) < 4.78 is 32.4. The summed E-state index contributed by atoms with van der Waals surface area (Å²) in [6.07, 6.45) is 1.68. The third-order valence-corrected chi connectivity index (χ3v) is 4.04. The smallest absolute Gasteiger partial charge is 0.264 e. The van der Waals surface area contributed by atoms with Crippen molar-refractivity contribution in [1.82, 2.24) is 0 Å². The van der Waals surface area contributed by atoms with Gasteiger partial charge in [-0.05, 0) is 24.1 Å². The molecule has 0 saturated heterocycles. The Bertz CT molecular complexity index is 732. The third kappa shape index (κ3) is 6.60. The van der Waals surface area contributed by atoms with Gasteiger partial charge in [0.1, 0.15) is 12.4 Å². The first kappa shape index (κ1) is 18.3. The van der Waals surface area contributed by atoms with E-state index in [0.717, 1.165) is 23.3 Å². The maximum absolute atomic E-state index is 10.9. The number of ether oxygens (including phenoxy) is 1. The van der Waals surface area contributed by atoms with E-state index in [1.54, 1.807) is 0 Å². The maximum Gasteiger partial charge on any atom is 0.264 e. The summed E-state index contributed by atoms with van der Waals surface area (Å²) in [5.74, 6) is 0.801. The molecule has 24 heavy (non-hydrogen) atoms. The van der Waals surface area contributed by atoms with Crippen LogP contribution in [0.1, 0.15) is 12.0 Å². The lowest BCUT2D eigenvalue weighted by Gasteiger charge is -2.20. The predicted octanol–water partition coefficient (Wildman–Crippen LogP) is 3.07. The molecule has 6 heteroatoms. The summed E-state index contributed by atoms with van der Waals surface area (Å²) >= 11 is 0. The quantitative estimate of drug-likeness (QED) is 0.514. The second-order valence-electron chi connectivity index (χ2n) is 5.57. The fraction of sp³-hybridized carbons (Fsp3) is 0.333. The van der Waals surface area contributed by atoms with E-state index in [1.165, 1.54) is 0 Å². The van der Waals surface area contributed by atoms with Gasteiger partial charge in [-0.3, -0.25) is 4.18 Å². The molecule has 0 heterocycles. The fourth-order valence-electron chi connectivity index (χ4n) is 2.19. The largest absolute Gasteiger partial charge is 0.489 e. The van der Waals surface area contributed by atoms with Crippen molar-refractivity contribution in [2.24, 2.45) is 0 Å². The minimum atomic E-state index is -3.37. The van der Waals surface area contributed by atoms with E-state index in [9.17, 15) is 8.42 Å². The SMILES string of the molecule is CN(CCCOS(C)(=O)=O)c1cccc(OCc2ccccc2)c1. The Morgan fingerprint density at radius 3 is 2.50 bits per heavy atom. The Morgan fingerprint density at radius 2 is 1.79 bits per heavy atom. The monoisotopic (exact) mass is 349 g/mol. The van der Waals surface area contributed by atoms with E-state index in [1.807, 2.05) is 66.5 Å². The molecule has 0 aliphatic rings. The van der Waals surface area contributed by atoms with Gasteiger partial charge >= 0.3 is 0 Å². The van der Waals surface area contributed by atoms with Crippen molar-refractivity contribution in [3.63, 3.8) is 0 Å². The molecule has 5 nitrogen and oxygen atoms in total. The highest BCUT2D eigenvalue weighted by molar-refractivity contribution is 7.85. The highest BCUT2D eigenvalue weighted by Gasteiger charge is 2.05. The van der Waals surface area contributed by atoms with Gasteiger partial charge < -0.3 is 9.64 Å². The molecule has 0 N–H and O–H groups in total. The summed E-state index contributed by atoms with van der Waals surface area (Å²) in [4.78, 5) is 2.04. The molecule has 0 aliphatic heterocycles. The lowest BCUT2D eigenvalue weighted by Crippen LogP contribution is -2.20. The molecule has 0 radical (unpaired) electrons. The van der Waals surface area contributed by atoms with Crippen LogP contribution in [0.3, 0.4) is 0 Å². The van der Waals surface area contributed by atoms with E-state index < -0.39 is 10.1 Å². The Kier molecular flexibility index (Phi) is 6.63. The van der Waals surface area contributed by atoms with Gasteiger partial charge in [-0.15, -0.1) is 0 Å². The van der Waals surface area contributed by atoms with Crippen molar-refractivity contribution < 1.29 is 17.3 Å². The minimum absolute atomic E-state index is 0.188. The van der Waals surface area contributed by atoms with E-state index in [-0.39, 0.29) is 6.61 Å². The summed E-state index contributed by atoms with van der Waals surface area (Å²) in [5, 5.41) is 0. The van der Waals surface area contributed by atoms with Crippen LogP contribution in [0.4, 0.5) is 5.69 Å². The van der Waals surface area contributed by atoms with Crippen molar-refractivity contribution in [3.05, 3.63) is 60.2 Å². The molecule has 2 aromatic rings. The van der Waals surface area contributed by atoms with Gasteiger partial charge in [0.2, 0.25) is 0 Å². The predicted molar refractivity (Wildman–Crippen MR) is 95.9 cm³/mol. The van der Waals surface area contributed by atoms with Crippen molar-refractivity contribution in [2.45, 2.75) is 13.0 Å². The Morgan fingerprint density at radius 1 is 1.04 bits per heavy atom. The molecule has 130 valence electrons. The van der Waals surface area contributed by atoms with Crippen LogP contribution in [0.5, 0.6) is 5.75 Å². The first-order valence-corrected chi connectivity index (χ1v) is 9.58. The van der Waals surface area contributed by atoms with Crippen LogP contribution in [0.2, 0.25) is 0 Å². The van der Waals surface area contributed by atoms with Crippen LogP contribution in [0, 0.1) is 0 Å². The van der Waals surface area contributed by atoms with Crippen molar-refractivity contribution >= 4 is 15.8 Å². The van der Waals surface area contributed by atoms with Crippen molar-refractivity contribution in [2.75, 3.05) is 31.4 Å². The van der Waals surface area contributed by atoms with Crippen molar-refractivity contribution in [1.29, 1.82) is 0 Å². The number of hydrogen-bond acceptors (Lipinski definition) is 5. The Hall–Kier alpha value is -2.05. The molecule has 0 bridgehead atoms. The molecular formula is C18H23NO4S. The van der Waals surface area contributed by atoms with Gasteiger partial charge in [0.25, 0.3) is 10.1 Å². The maximum atomic E-state index is 10.9. The Balaban J connectivity index is 1.84. The number of hydrogen-bond donors (Lipinski definition) is 0. The van der Waals surface area contributed by atoms with E-state index in [2.05, 4.69) is 0 Å². The first-order chi connectivity index (χ1) is 11.4. The average molecular weight is 349 g/mol. The van der Waals surface area contributed by atoms with Crippen molar-refractivity contribution in [3.8, 4) is 5.75 Å². The summed E-state index contributed by atoms with van der Waals surface area (Å²) in [7, 11) is -1.41. The van der Waals surface area contributed by atoms with Crippen LogP contribution in [-0.2, 0) is 20.9 Å². The molecule has 0 aromatic heterocycles. The molecule has 0 amide bonds. The van der Waals surface area contributed by atoms with Crippen LogP contribution in [-0.4, -0.2) is 34.9 Å². The van der Waals surface area contributed by atoms with Gasteiger partial charge in [-0.1, -0.05) is 36.4 Å². The zero-order valence-corrected chi connectivity index (χ0v) is 14.8. The normalized spacial score (nSPS) is 11.2. The van der Waals surface area contributed by atoms with Gasteiger partial charge in [0, 0.05) is 25.3 Å². The summed E-state index contributed by atoms with van der Waals surface area (Å²) in [6, 6.07) is 17.8. The van der Waals surface area contributed by atoms with Crippen LogP contribution in [0.25, 0.3) is 0 Å². The molecule has 0 unspecified atom stereocenters. The molecular weight excluding hydrogens is 326 g/mol. The topological polar surface area (TPSA) is 55.8 Å². The highest BCUT2D eigenvalue weighted by atomic mass is 32.2. The van der Waals surface area contributed by atoms with Crippen LogP contribution < -0.4 is 9.64 Å². The highest BCUT2D eigenvalue weighted by Crippen LogP contribution is 2.21. The summed E-state index contributed by atoms with van der Waals surface area (Å²) in [6.45, 7) is 1.40. The van der Waals surface area contributed by atoms with E-state index in [4.69, 9.17) is 8.92 Å². The zero-order chi connectivity index (χ0) is 17.4. The average Bonchev–Trinajstić information content (AvgIpc) is 2.57. The summed E-state index contributed by atoms with van der Waals surface area (Å²) in [5.41, 5.74) is 2.13. The molecule has 0 fully saturated rings. The third-order valence-electron chi connectivity index (χ3n) is 3.44. The number of nitrogens with zero attached hydrogens (tertiary/aromatic N) is 1. The van der Waals surface area contributed by atoms with Gasteiger partial charge in [-0.25, -0.2) is 0 Å². The second kappa shape index (κ2) is 8.70. The lowest BCUT2D eigenvalue weighted by molar-refractivity contribution is 0.306. The standard InChI is InChI=1S/C18H23NO4S/c1-19(12-7-13-23-24(2,20)21)17-10-6-11-18(14-17)22-15-16-8-4-3-5-9-16/h3-6,8-11,14H,7,12-13,15H2,1-2H3. The lowest BCUT2D eigenvalue weighted by atomic mass is 10.2. The molecule has 0 spiro atoms. The Labute approximate surface area is 143 Å². The first-order valence-electron chi connectivity index (χ1n) is 7.76. The number of benzene rings is 2. The van der Waals surface area contributed by atoms with Gasteiger partial charge in [0.15, 0.2) is 0 Å². The van der Waals surface area contributed by atoms with Crippen LogP contribution >= 0.6 is 0 Å². The van der Waals surface area contributed by atoms with E-state index >= 15 is 0 Å². The molecule has 2 rings (SSSR count). The molecule has 0 saturated carbocycles. The van der Waals surface area contributed by atoms with E-state index in [0.29, 0.717) is 19.6 Å². The van der Waals surface area contributed by atoms with Gasteiger partial charge in [-0.2, -0.15) is 8.42 Å². The molecule has 2 aromatic carbocycles. The molecule has 0 aliphatic carbocycles. The van der Waals surface area contributed by atoms with Gasteiger partial charge in [0.05, 0.1) is 12.9 Å². The zero-order valence-electron chi connectivity index (χ0n) is 14.0. The molecule has 0 atom stereocenters. The number of rotatable bonds is 9. The minimum Gasteiger partial charge on any atom is -0.489 e. The fourth-order valence-corrected chi connectivity index (χ4v) is 2.61. The number of anilines is 1. The van der Waals surface area contributed by atoms with Crippen LogP contribution in [0.15, 0.2) is 54.6 Å².